The number of nitrogens with one attached hydrogen (secondary N) is 2. The van der Waals surface area contributed by atoms with Crippen molar-refractivity contribution in [1.82, 2.24) is 15.6 Å². The fourth-order valence-electron chi connectivity index (χ4n) is 3.52. The maximum atomic E-state index is 5.29. The number of benzene rings is 1. The standard InChI is InChI=1S/C22H32N4OS.HI/c1-3-23-21(25-17-22(11-7-12-22)13-15-27-2)24-14-10-19-16-28-20(26-19)18-8-5-4-6-9-18;/h4-6,8-9,16H,3,7,10-15,17H2,1-2H3,(H2,23,24,25);1H. The highest BCUT2D eigenvalue weighted by atomic mass is 127. The summed E-state index contributed by atoms with van der Waals surface area (Å²) in [5, 5.41) is 10.1. The summed E-state index contributed by atoms with van der Waals surface area (Å²) in [4.78, 5) is 9.63. The maximum absolute atomic E-state index is 5.29. The molecule has 0 spiro atoms. The Morgan fingerprint density at radius 2 is 2.03 bits per heavy atom. The van der Waals surface area contributed by atoms with E-state index in [1.807, 2.05) is 6.07 Å². The molecule has 0 amide bonds. The number of ether oxygens (including phenoxy) is 1. The third kappa shape index (κ3) is 7.22. The van der Waals surface area contributed by atoms with Crippen molar-refractivity contribution in [3.63, 3.8) is 0 Å². The van der Waals surface area contributed by atoms with E-state index in [1.165, 1.54) is 24.8 Å². The number of rotatable bonds is 10. The van der Waals surface area contributed by atoms with Gasteiger partial charge >= 0.3 is 0 Å². The lowest BCUT2D eigenvalue weighted by molar-refractivity contribution is 0.0778. The molecule has 0 bridgehead atoms. The number of aromatic nitrogens is 1. The number of hydrogen-bond acceptors (Lipinski definition) is 4. The highest BCUT2D eigenvalue weighted by Crippen LogP contribution is 2.44. The summed E-state index contributed by atoms with van der Waals surface area (Å²) in [5.74, 6) is 0.907. The third-order valence-electron chi connectivity index (χ3n) is 5.41. The van der Waals surface area contributed by atoms with Crippen LogP contribution in [0, 0.1) is 5.41 Å². The van der Waals surface area contributed by atoms with Gasteiger partial charge < -0.3 is 15.4 Å². The van der Waals surface area contributed by atoms with Crippen LogP contribution in [0.4, 0.5) is 0 Å². The summed E-state index contributed by atoms with van der Waals surface area (Å²) in [6.07, 6.45) is 5.84. The molecule has 2 aromatic rings. The van der Waals surface area contributed by atoms with Crippen molar-refractivity contribution in [1.29, 1.82) is 0 Å². The third-order valence-corrected chi connectivity index (χ3v) is 6.35. The lowest BCUT2D eigenvalue weighted by atomic mass is 9.67. The van der Waals surface area contributed by atoms with Crippen molar-refractivity contribution in [3.05, 3.63) is 41.4 Å². The monoisotopic (exact) mass is 528 g/mol. The molecule has 0 radical (unpaired) electrons. The molecule has 1 aromatic carbocycles. The van der Waals surface area contributed by atoms with Crippen LogP contribution in [0.5, 0.6) is 0 Å². The minimum atomic E-state index is 0. The average molecular weight is 529 g/mol. The van der Waals surface area contributed by atoms with Gasteiger partial charge in [0.2, 0.25) is 0 Å². The lowest BCUT2D eigenvalue weighted by Gasteiger charge is -2.40. The number of thiazole rings is 1. The fourth-order valence-corrected chi connectivity index (χ4v) is 4.38. The van der Waals surface area contributed by atoms with Crippen LogP contribution in [0.3, 0.4) is 0 Å². The molecule has 160 valence electrons. The molecule has 5 nitrogen and oxygen atoms in total. The topological polar surface area (TPSA) is 58.5 Å². The summed E-state index contributed by atoms with van der Waals surface area (Å²) in [7, 11) is 1.78. The van der Waals surface area contributed by atoms with Crippen LogP contribution in [0.2, 0.25) is 0 Å². The van der Waals surface area contributed by atoms with Gasteiger partial charge in [0, 0.05) is 50.7 Å². The Labute approximate surface area is 195 Å². The number of halogens is 1. The quantitative estimate of drug-likeness (QED) is 0.266. The van der Waals surface area contributed by atoms with Crippen molar-refractivity contribution < 1.29 is 4.74 Å². The molecule has 2 N–H and O–H groups in total. The minimum absolute atomic E-state index is 0. The Hall–Kier alpha value is -1.19. The van der Waals surface area contributed by atoms with Crippen LogP contribution in [0.1, 0.15) is 38.3 Å². The van der Waals surface area contributed by atoms with E-state index in [2.05, 4.69) is 47.2 Å². The molecule has 1 aromatic heterocycles. The summed E-state index contributed by atoms with van der Waals surface area (Å²) < 4.78 is 5.29. The zero-order valence-corrected chi connectivity index (χ0v) is 20.6. The second-order valence-corrected chi connectivity index (χ2v) is 8.34. The highest BCUT2D eigenvalue weighted by molar-refractivity contribution is 14.0. The van der Waals surface area contributed by atoms with Crippen LogP contribution in [0.25, 0.3) is 10.6 Å². The van der Waals surface area contributed by atoms with Crippen molar-refractivity contribution >= 4 is 41.3 Å². The predicted octanol–water partition coefficient (Wildman–Crippen LogP) is 4.73. The number of aliphatic imine (C=N–C) groups is 1. The smallest absolute Gasteiger partial charge is 0.191 e. The molecule has 1 aliphatic carbocycles. The fraction of sp³-hybridized carbons (Fsp3) is 0.545. The first kappa shape index (κ1) is 24.1. The predicted molar refractivity (Wildman–Crippen MR) is 133 cm³/mol. The van der Waals surface area contributed by atoms with Crippen molar-refractivity contribution in [2.45, 2.75) is 39.0 Å². The van der Waals surface area contributed by atoms with E-state index in [0.29, 0.717) is 5.41 Å². The van der Waals surface area contributed by atoms with E-state index in [1.54, 1.807) is 18.4 Å². The Balaban J connectivity index is 0.00000300. The van der Waals surface area contributed by atoms with Gasteiger partial charge in [-0.3, -0.25) is 4.99 Å². The Morgan fingerprint density at radius 3 is 2.69 bits per heavy atom. The molecule has 1 aliphatic rings. The van der Waals surface area contributed by atoms with Crippen LogP contribution >= 0.6 is 35.3 Å². The molecule has 1 saturated carbocycles. The summed E-state index contributed by atoms with van der Waals surface area (Å²) in [6.45, 7) is 5.50. The summed E-state index contributed by atoms with van der Waals surface area (Å²) in [5.41, 5.74) is 2.66. The summed E-state index contributed by atoms with van der Waals surface area (Å²) >= 11 is 1.71. The van der Waals surface area contributed by atoms with E-state index in [0.717, 1.165) is 55.7 Å². The van der Waals surface area contributed by atoms with E-state index in [4.69, 9.17) is 14.7 Å². The zero-order valence-electron chi connectivity index (χ0n) is 17.4. The molecule has 3 rings (SSSR count). The largest absolute Gasteiger partial charge is 0.385 e. The first-order chi connectivity index (χ1) is 13.7. The van der Waals surface area contributed by atoms with E-state index < -0.39 is 0 Å². The molecule has 1 heterocycles. The van der Waals surface area contributed by atoms with Crippen LogP contribution < -0.4 is 10.6 Å². The molecule has 0 saturated heterocycles. The van der Waals surface area contributed by atoms with Crippen molar-refractivity contribution in [2.24, 2.45) is 10.4 Å². The minimum Gasteiger partial charge on any atom is -0.385 e. The number of methoxy groups -OCH3 is 1. The maximum Gasteiger partial charge on any atom is 0.191 e. The Bertz CT molecular complexity index is 746. The molecule has 0 unspecified atom stereocenters. The van der Waals surface area contributed by atoms with Gasteiger partial charge in [0.1, 0.15) is 5.01 Å². The average Bonchev–Trinajstić information content (AvgIpc) is 3.16. The normalized spacial score (nSPS) is 15.3. The first-order valence-electron chi connectivity index (χ1n) is 10.3. The van der Waals surface area contributed by atoms with Gasteiger partial charge in [-0.25, -0.2) is 4.98 Å². The Kier molecular flexibility index (Phi) is 10.4. The van der Waals surface area contributed by atoms with Gasteiger partial charge in [0.15, 0.2) is 5.96 Å². The Morgan fingerprint density at radius 1 is 1.24 bits per heavy atom. The van der Waals surface area contributed by atoms with E-state index in [-0.39, 0.29) is 24.0 Å². The zero-order chi connectivity index (χ0) is 19.7. The van der Waals surface area contributed by atoms with Crippen LogP contribution in [-0.4, -0.2) is 44.3 Å². The molecule has 0 aliphatic heterocycles. The number of hydrogen-bond donors (Lipinski definition) is 2. The van der Waals surface area contributed by atoms with Crippen molar-refractivity contribution in [2.75, 3.05) is 33.4 Å². The van der Waals surface area contributed by atoms with Crippen molar-refractivity contribution in [3.8, 4) is 10.6 Å². The van der Waals surface area contributed by atoms with Crippen LogP contribution in [0.15, 0.2) is 40.7 Å². The van der Waals surface area contributed by atoms with Gasteiger partial charge in [0.05, 0.1) is 5.69 Å². The molecular weight excluding hydrogens is 495 g/mol. The molecule has 0 atom stereocenters. The second kappa shape index (κ2) is 12.5. The SMILES string of the molecule is CCNC(=NCC1(CCOC)CCC1)NCCc1csc(-c2ccccc2)n1.I. The lowest BCUT2D eigenvalue weighted by Crippen LogP contribution is -2.41. The van der Waals surface area contributed by atoms with E-state index in [9.17, 15) is 0 Å². The molecule has 7 heteroatoms. The molecular formula is C22H33IN4OS. The van der Waals surface area contributed by atoms with Gasteiger partial charge in [-0.2, -0.15) is 0 Å². The number of guanidine groups is 1. The van der Waals surface area contributed by atoms with E-state index >= 15 is 0 Å². The van der Waals surface area contributed by atoms with Gasteiger partial charge in [0.25, 0.3) is 0 Å². The van der Waals surface area contributed by atoms with Crippen LogP contribution in [-0.2, 0) is 11.2 Å². The summed E-state index contributed by atoms with van der Waals surface area (Å²) in [6, 6.07) is 10.4. The van der Waals surface area contributed by atoms with Gasteiger partial charge in [-0.1, -0.05) is 36.8 Å². The highest BCUT2D eigenvalue weighted by Gasteiger charge is 2.36. The second-order valence-electron chi connectivity index (χ2n) is 7.48. The molecule has 1 fully saturated rings. The number of nitrogens with zero attached hydrogens (tertiary/aromatic N) is 2. The van der Waals surface area contributed by atoms with Gasteiger partial charge in [-0.05, 0) is 31.6 Å². The van der Waals surface area contributed by atoms with Gasteiger partial charge in [-0.15, -0.1) is 35.3 Å². The molecule has 29 heavy (non-hydrogen) atoms. The first-order valence-corrected chi connectivity index (χ1v) is 11.1.